The summed E-state index contributed by atoms with van der Waals surface area (Å²) in [6.45, 7) is 0.856. The third kappa shape index (κ3) is 4.54. The lowest BCUT2D eigenvalue weighted by atomic mass is 10.1. The summed E-state index contributed by atoms with van der Waals surface area (Å²) in [6.07, 6.45) is 5.82. The number of ether oxygens (including phenoxy) is 1. The van der Waals surface area contributed by atoms with Gasteiger partial charge in [0, 0.05) is 30.7 Å². The van der Waals surface area contributed by atoms with Gasteiger partial charge in [-0.25, -0.2) is 8.42 Å². The molecule has 2 amide bonds. The zero-order chi connectivity index (χ0) is 20.4. The summed E-state index contributed by atoms with van der Waals surface area (Å²) in [7, 11) is -3.43. The van der Waals surface area contributed by atoms with Crippen molar-refractivity contribution in [3.05, 3.63) is 48.2 Å². The summed E-state index contributed by atoms with van der Waals surface area (Å²) in [4.78, 5) is 26.2. The highest BCUT2D eigenvalue weighted by Crippen LogP contribution is 2.20. The second-order valence-electron chi connectivity index (χ2n) is 6.87. The van der Waals surface area contributed by atoms with Crippen molar-refractivity contribution in [1.29, 1.82) is 0 Å². The van der Waals surface area contributed by atoms with Crippen LogP contribution in [0, 0.1) is 0 Å². The first kappa shape index (κ1) is 19.3. The maximum absolute atomic E-state index is 12.5. The molecule has 1 fully saturated rings. The molecule has 1 saturated heterocycles. The van der Waals surface area contributed by atoms with E-state index in [4.69, 9.17) is 4.74 Å². The molecule has 4 rings (SSSR count). The average Bonchev–Trinajstić information content (AvgIpc) is 3.23. The van der Waals surface area contributed by atoms with E-state index in [1.807, 2.05) is 0 Å². The fourth-order valence-corrected chi connectivity index (χ4v) is 4.15. The molecule has 0 saturated carbocycles. The first-order valence-corrected chi connectivity index (χ1v) is 10.8. The van der Waals surface area contributed by atoms with E-state index in [0.29, 0.717) is 29.4 Å². The van der Waals surface area contributed by atoms with Gasteiger partial charge in [0.15, 0.2) is 0 Å². The maximum Gasteiger partial charge on any atom is 0.257 e. The smallest absolute Gasteiger partial charge is 0.257 e. The van der Waals surface area contributed by atoms with Crippen LogP contribution in [0.4, 0.5) is 11.4 Å². The summed E-state index contributed by atoms with van der Waals surface area (Å²) in [5, 5.41) is 5.58. The van der Waals surface area contributed by atoms with Gasteiger partial charge in [0.1, 0.15) is 11.9 Å². The molecule has 1 atom stereocenters. The SMILES string of the molecule is O=C(Nc1ccc(NC(=O)C2CCCO2)cc1)C1=CN2CCS(=O)(=O)N=C2C=C1. The van der Waals surface area contributed by atoms with E-state index in [9.17, 15) is 18.0 Å². The third-order valence-electron chi connectivity index (χ3n) is 4.72. The van der Waals surface area contributed by atoms with Crippen LogP contribution in [0.1, 0.15) is 12.8 Å². The van der Waals surface area contributed by atoms with Crippen molar-refractivity contribution in [3.8, 4) is 0 Å². The largest absolute Gasteiger partial charge is 0.368 e. The van der Waals surface area contributed by atoms with E-state index in [1.54, 1.807) is 35.4 Å². The first-order valence-electron chi connectivity index (χ1n) is 9.23. The number of hydrogen-bond donors (Lipinski definition) is 2. The number of fused-ring (bicyclic) bond motifs is 1. The van der Waals surface area contributed by atoms with Gasteiger partial charge in [-0.15, -0.1) is 4.40 Å². The molecule has 1 aromatic rings. The highest BCUT2D eigenvalue weighted by atomic mass is 32.2. The van der Waals surface area contributed by atoms with Crippen molar-refractivity contribution >= 4 is 39.0 Å². The molecular formula is C19H20N4O5S. The Morgan fingerprint density at radius 1 is 1.10 bits per heavy atom. The van der Waals surface area contributed by atoms with Gasteiger partial charge in [0.2, 0.25) is 0 Å². The number of amides is 2. The third-order valence-corrected chi connectivity index (χ3v) is 5.88. The quantitative estimate of drug-likeness (QED) is 0.763. The van der Waals surface area contributed by atoms with Crippen LogP contribution in [0.15, 0.2) is 52.6 Å². The summed E-state index contributed by atoms with van der Waals surface area (Å²) in [5.74, 6) is -0.281. The number of amidine groups is 1. The minimum Gasteiger partial charge on any atom is -0.368 e. The van der Waals surface area contributed by atoms with Crippen molar-refractivity contribution in [2.24, 2.45) is 4.40 Å². The Labute approximate surface area is 168 Å². The number of nitrogens with zero attached hydrogens (tertiary/aromatic N) is 2. The van der Waals surface area contributed by atoms with Gasteiger partial charge in [-0.3, -0.25) is 9.59 Å². The number of hydrogen-bond acceptors (Lipinski definition) is 6. The average molecular weight is 416 g/mol. The fraction of sp³-hybridized carbons (Fsp3) is 0.316. The number of sulfonamides is 1. The Bertz CT molecular complexity index is 1020. The molecule has 9 nitrogen and oxygen atoms in total. The molecule has 0 spiro atoms. The molecule has 29 heavy (non-hydrogen) atoms. The van der Waals surface area contributed by atoms with Crippen LogP contribution in [-0.2, 0) is 24.3 Å². The molecule has 152 valence electrons. The number of benzene rings is 1. The van der Waals surface area contributed by atoms with Gasteiger partial charge >= 0.3 is 0 Å². The van der Waals surface area contributed by atoms with E-state index in [2.05, 4.69) is 15.0 Å². The fourth-order valence-electron chi connectivity index (χ4n) is 3.18. The lowest BCUT2D eigenvalue weighted by Crippen LogP contribution is -2.37. The predicted octanol–water partition coefficient (Wildman–Crippen LogP) is 1.24. The maximum atomic E-state index is 12.5. The number of nitrogens with one attached hydrogen (secondary N) is 2. The molecule has 0 bridgehead atoms. The Morgan fingerprint density at radius 2 is 1.83 bits per heavy atom. The van der Waals surface area contributed by atoms with Crippen molar-refractivity contribution in [2.75, 3.05) is 29.5 Å². The van der Waals surface area contributed by atoms with Crippen LogP contribution in [0.5, 0.6) is 0 Å². The molecular weight excluding hydrogens is 396 g/mol. The molecule has 1 aromatic carbocycles. The number of rotatable bonds is 4. The molecule has 3 aliphatic rings. The van der Waals surface area contributed by atoms with E-state index < -0.39 is 16.1 Å². The topological polar surface area (TPSA) is 117 Å². The van der Waals surface area contributed by atoms with Gasteiger partial charge < -0.3 is 20.3 Å². The summed E-state index contributed by atoms with van der Waals surface area (Å²) in [5.41, 5.74) is 1.58. The van der Waals surface area contributed by atoms with Crippen molar-refractivity contribution in [3.63, 3.8) is 0 Å². The molecule has 1 unspecified atom stereocenters. The van der Waals surface area contributed by atoms with Crippen LogP contribution < -0.4 is 10.6 Å². The van der Waals surface area contributed by atoms with E-state index in [1.165, 1.54) is 12.2 Å². The standard InChI is InChI=1S/C19H20N4O5S/c24-18(13-3-8-17-22-29(26,27)11-9-23(17)12-13)20-14-4-6-15(7-5-14)21-19(25)16-2-1-10-28-16/h3-8,12,16H,1-2,9-11H2,(H,20,24)(H,21,25). The predicted molar refractivity (Wildman–Crippen MR) is 108 cm³/mol. The summed E-state index contributed by atoms with van der Waals surface area (Å²) >= 11 is 0. The number of anilines is 2. The van der Waals surface area contributed by atoms with E-state index in [-0.39, 0.29) is 24.1 Å². The Balaban J connectivity index is 1.37. The van der Waals surface area contributed by atoms with Crippen LogP contribution in [-0.4, -0.2) is 56.0 Å². The van der Waals surface area contributed by atoms with E-state index >= 15 is 0 Å². The number of carbonyl (C=O) groups is 2. The molecule has 0 radical (unpaired) electrons. The van der Waals surface area contributed by atoms with Crippen LogP contribution >= 0.6 is 0 Å². The molecule has 2 N–H and O–H groups in total. The minimum atomic E-state index is -3.43. The first-order chi connectivity index (χ1) is 13.9. The summed E-state index contributed by atoms with van der Waals surface area (Å²) < 4.78 is 32.1. The van der Waals surface area contributed by atoms with Crippen LogP contribution in [0.2, 0.25) is 0 Å². The minimum absolute atomic E-state index is 0.0885. The highest BCUT2D eigenvalue weighted by Gasteiger charge is 2.25. The normalized spacial score (nSPS) is 22.3. The Kier molecular flexibility index (Phi) is 5.20. The Morgan fingerprint density at radius 3 is 2.52 bits per heavy atom. The van der Waals surface area contributed by atoms with Crippen molar-refractivity contribution < 1.29 is 22.7 Å². The zero-order valence-corrected chi connectivity index (χ0v) is 16.3. The molecule has 3 aliphatic heterocycles. The second-order valence-corrected chi connectivity index (χ2v) is 8.62. The van der Waals surface area contributed by atoms with Crippen LogP contribution in [0.25, 0.3) is 0 Å². The summed E-state index contributed by atoms with van der Waals surface area (Å²) in [6, 6.07) is 6.79. The lowest BCUT2D eigenvalue weighted by molar-refractivity contribution is -0.124. The zero-order valence-electron chi connectivity index (χ0n) is 15.5. The Hall–Kier alpha value is -2.98. The molecule has 10 heteroatoms. The molecule has 3 heterocycles. The van der Waals surface area contributed by atoms with Gasteiger partial charge in [0.25, 0.3) is 21.8 Å². The monoisotopic (exact) mass is 416 g/mol. The van der Waals surface area contributed by atoms with Crippen LogP contribution in [0.3, 0.4) is 0 Å². The highest BCUT2D eigenvalue weighted by molar-refractivity contribution is 7.90. The molecule has 0 aliphatic carbocycles. The van der Waals surface area contributed by atoms with Gasteiger partial charge in [-0.1, -0.05) is 0 Å². The number of carbonyl (C=O) groups excluding carboxylic acids is 2. The lowest BCUT2D eigenvalue weighted by Gasteiger charge is -2.26. The molecule has 0 aromatic heterocycles. The second kappa shape index (κ2) is 7.80. The van der Waals surface area contributed by atoms with Gasteiger partial charge in [0.05, 0.1) is 11.3 Å². The van der Waals surface area contributed by atoms with Gasteiger partial charge in [-0.05, 0) is 49.3 Å². The van der Waals surface area contributed by atoms with Crippen molar-refractivity contribution in [1.82, 2.24) is 4.90 Å². The van der Waals surface area contributed by atoms with Crippen molar-refractivity contribution in [2.45, 2.75) is 18.9 Å². The van der Waals surface area contributed by atoms with Gasteiger partial charge in [-0.2, -0.15) is 0 Å². The van der Waals surface area contributed by atoms with E-state index in [0.717, 1.165) is 12.8 Å².